The van der Waals surface area contributed by atoms with Crippen molar-refractivity contribution in [1.29, 1.82) is 0 Å². The second-order valence-corrected chi connectivity index (χ2v) is 7.53. The van der Waals surface area contributed by atoms with Crippen molar-refractivity contribution < 1.29 is 8.42 Å². The van der Waals surface area contributed by atoms with E-state index in [0.29, 0.717) is 17.3 Å². The van der Waals surface area contributed by atoms with Crippen molar-refractivity contribution in [3.63, 3.8) is 0 Å². The monoisotopic (exact) mass is 343 g/mol. The number of nitrogens with zero attached hydrogens (tertiary/aromatic N) is 1. The molecule has 0 atom stereocenters. The molecule has 0 spiro atoms. The maximum Gasteiger partial charge on any atom is 0.263 e. The molecule has 6 heteroatoms. The number of aromatic nitrogens is 1. The zero-order valence-corrected chi connectivity index (χ0v) is 14.3. The van der Waals surface area contributed by atoms with Gasteiger partial charge in [-0.05, 0) is 61.1 Å². The zero-order valence-electron chi connectivity index (χ0n) is 13.5. The Kier molecular flexibility index (Phi) is 4.85. The van der Waals surface area contributed by atoms with Crippen LogP contribution in [0.3, 0.4) is 0 Å². The Morgan fingerprint density at radius 1 is 1.12 bits per heavy atom. The van der Waals surface area contributed by atoms with Crippen LogP contribution in [0, 0.1) is 0 Å². The van der Waals surface area contributed by atoms with Gasteiger partial charge in [0.05, 0.1) is 16.8 Å². The quantitative estimate of drug-likeness (QED) is 0.789. The lowest BCUT2D eigenvalue weighted by molar-refractivity contribution is 0.600. The molecule has 0 saturated carbocycles. The largest absolute Gasteiger partial charge is 0.380 e. The second-order valence-electron chi connectivity index (χ2n) is 5.84. The number of fused-ring (bicyclic) bond motifs is 1. The van der Waals surface area contributed by atoms with Gasteiger partial charge < -0.3 is 5.32 Å². The van der Waals surface area contributed by atoms with E-state index in [1.54, 1.807) is 36.5 Å². The lowest BCUT2D eigenvalue weighted by atomic mass is 9.92. The Labute approximate surface area is 142 Å². The van der Waals surface area contributed by atoms with Gasteiger partial charge in [-0.3, -0.25) is 4.72 Å². The molecular formula is C18H21N3O2S. The Hall–Kier alpha value is -2.34. The number of anilines is 2. The standard InChI is InChI=1S/C18H21N3O2S/c1-2-11-19-16-8-10-18(20-13-16)21-24(22,23)17-9-7-14-5-3-4-6-15(14)12-17/h2,7-10,12-13,19H,1,3-6,11H2,(H,20,21). The Bertz CT molecular complexity index is 830. The number of pyridine rings is 1. The van der Waals surface area contributed by atoms with Crippen molar-refractivity contribution in [3.8, 4) is 0 Å². The maximum absolute atomic E-state index is 12.6. The molecule has 0 radical (unpaired) electrons. The molecule has 126 valence electrons. The molecule has 1 heterocycles. The van der Waals surface area contributed by atoms with Crippen LogP contribution in [0.5, 0.6) is 0 Å². The van der Waals surface area contributed by atoms with E-state index >= 15 is 0 Å². The minimum atomic E-state index is -3.63. The summed E-state index contributed by atoms with van der Waals surface area (Å²) in [5.74, 6) is 0.303. The van der Waals surface area contributed by atoms with Gasteiger partial charge in [0.25, 0.3) is 10.0 Å². The summed E-state index contributed by atoms with van der Waals surface area (Å²) < 4.78 is 27.7. The molecule has 2 N–H and O–H groups in total. The summed E-state index contributed by atoms with van der Waals surface area (Å²) in [6.07, 6.45) is 7.60. The van der Waals surface area contributed by atoms with Gasteiger partial charge in [0, 0.05) is 6.54 Å². The molecule has 1 aromatic carbocycles. The van der Waals surface area contributed by atoms with E-state index in [0.717, 1.165) is 30.5 Å². The molecule has 1 aliphatic rings. The summed E-state index contributed by atoms with van der Waals surface area (Å²) in [7, 11) is -3.63. The van der Waals surface area contributed by atoms with Crippen LogP contribution in [-0.4, -0.2) is 19.9 Å². The molecule has 0 unspecified atom stereocenters. The van der Waals surface area contributed by atoms with Gasteiger partial charge in [0.15, 0.2) is 0 Å². The minimum absolute atomic E-state index is 0.291. The van der Waals surface area contributed by atoms with Crippen LogP contribution in [-0.2, 0) is 22.9 Å². The number of sulfonamides is 1. The third kappa shape index (κ3) is 3.76. The lowest BCUT2D eigenvalue weighted by Crippen LogP contribution is -2.15. The summed E-state index contributed by atoms with van der Waals surface area (Å²) in [5.41, 5.74) is 3.21. The first-order valence-corrected chi connectivity index (χ1v) is 9.52. The molecule has 1 aromatic heterocycles. The van der Waals surface area contributed by atoms with Crippen LogP contribution in [0.15, 0.2) is 54.1 Å². The summed E-state index contributed by atoms with van der Waals surface area (Å²) in [5, 5.41) is 3.09. The van der Waals surface area contributed by atoms with Crippen molar-refractivity contribution in [1.82, 2.24) is 4.98 Å². The maximum atomic E-state index is 12.6. The van der Waals surface area contributed by atoms with Gasteiger partial charge in [-0.25, -0.2) is 13.4 Å². The normalized spacial score (nSPS) is 13.8. The van der Waals surface area contributed by atoms with Gasteiger partial charge in [0.1, 0.15) is 5.82 Å². The molecule has 24 heavy (non-hydrogen) atoms. The third-order valence-corrected chi connectivity index (χ3v) is 5.44. The Morgan fingerprint density at radius 2 is 1.92 bits per heavy atom. The van der Waals surface area contributed by atoms with Crippen LogP contribution in [0.4, 0.5) is 11.5 Å². The minimum Gasteiger partial charge on any atom is -0.380 e. The van der Waals surface area contributed by atoms with Crippen LogP contribution < -0.4 is 10.0 Å². The number of rotatable bonds is 6. The first kappa shape index (κ1) is 16.5. The molecule has 1 aliphatic carbocycles. The molecule has 0 fully saturated rings. The average Bonchev–Trinajstić information content (AvgIpc) is 2.60. The van der Waals surface area contributed by atoms with Gasteiger partial charge in [0.2, 0.25) is 0 Å². The lowest BCUT2D eigenvalue weighted by Gasteiger charge is -2.17. The van der Waals surface area contributed by atoms with Gasteiger partial charge >= 0.3 is 0 Å². The molecule has 0 aliphatic heterocycles. The predicted molar refractivity (Wildman–Crippen MR) is 96.8 cm³/mol. The fourth-order valence-corrected chi connectivity index (χ4v) is 3.88. The molecule has 0 amide bonds. The highest BCUT2D eigenvalue weighted by Crippen LogP contribution is 2.25. The molecule has 3 rings (SSSR count). The topological polar surface area (TPSA) is 71.1 Å². The Morgan fingerprint density at radius 3 is 2.62 bits per heavy atom. The summed E-state index contributed by atoms with van der Waals surface area (Å²) in [6, 6.07) is 8.81. The van der Waals surface area contributed by atoms with Crippen LogP contribution in [0.25, 0.3) is 0 Å². The third-order valence-electron chi connectivity index (χ3n) is 4.08. The van der Waals surface area contributed by atoms with E-state index < -0.39 is 10.0 Å². The van der Waals surface area contributed by atoms with Crippen molar-refractivity contribution in [2.45, 2.75) is 30.6 Å². The Balaban J connectivity index is 1.77. The molecule has 5 nitrogen and oxygen atoms in total. The number of nitrogens with one attached hydrogen (secondary N) is 2. The van der Waals surface area contributed by atoms with Crippen LogP contribution in [0.1, 0.15) is 24.0 Å². The van der Waals surface area contributed by atoms with Crippen molar-refractivity contribution >= 4 is 21.5 Å². The fourth-order valence-electron chi connectivity index (χ4n) is 2.82. The first-order valence-electron chi connectivity index (χ1n) is 8.04. The highest BCUT2D eigenvalue weighted by molar-refractivity contribution is 7.92. The summed E-state index contributed by atoms with van der Waals surface area (Å²) in [4.78, 5) is 4.43. The number of benzene rings is 1. The fraction of sp³-hybridized carbons (Fsp3) is 0.278. The highest BCUT2D eigenvalue weighted by atomic mass is 32.2. The van der Waals surface area contributed by atoms with E-state index in [2.05, 4.69) is 21.6 Å². The van der Waals surface area contributed by atoms with Crippen molar-refractivity contribution in [3.05, 3.63) is 60.3 Å². The summed E-state index contributed by atoms with van der Waals surface area (Å²) in [6.45, 7) is 4.26. The van der Waals surface area contributed by atoms with Gasteiger partial charge in [-0.2, -0.15) is 0 Å². The SMILES string of the molecule is C=CCNc1ccc(NS(=O)(=O)c2ccc3c(c2)CCCC3)nc1. The molecular weight excluding hydrogens is 322 g/mol. The second kappa shape index (κ2) is 7.05. The van der Waals surface area contributed by atoms with Gasteiger partial charge in [-0.1, -0.05) is 12.1 Å². The highest BCUT2D eigenvalue weighted by Gasteiger charge is 2.18. The molecule has 2 aromatic rings. The predicted octanol–water partition coefficient (Wildman–Crippen LogP) is 3.36. The first-order chi connectivity index (χ1) is 11.6. The van der Waals surface area contributed by atoms with Gasteiger partial charge in [-0.15, -0.1) is 6.58 Å². The average molecular weight is 343 g/mol. The zero-order chi connectivity index (χ0) is 17.0. The van der Waals surface area contributed by atoms with Crippen molar-refractivity contribution in [2.75, 3.05) is 16.6 Å². The number of hydrogen-bond donors (Lipinski definition) is 2. The van der Waals surface area contributed by atoms with E-state index in [9.17, 15) is 8.42 Å². The van der Waals surface area contributed by atoms with Crippen molar-refractivity contribution in [2.24, 2.45) is 0 Å². The molecule has 0 saturated heterocycles. The van der Waals surface area contributed by atoms with E-state index in [4.69, 9.17) is 0 Å². The number of hydrogen-bond acceptors (Lipinski definition) is 4. The van der Waals surface area contributed by atoms with E-state index in [1.165, 1.54) is 12.0 Å². The van der Waals surface area contributed by atoms with E-state index in [1.807, 2.05) is 6.07 Å². The van der Waals surface area contributed by atoms with Crippen LogP contribution in [0.2, 0.25) is 0 Å². The van der Waals surface area contributed by atoms with E-state index in [-0.39, 0.29) is 0 Å². The number of aryl methyl sites for hydroxylation is 2. The molecule has 0 bridgehead atoms. The smallest absolute Gasteiger partial charge is 0.263 e. The van der Waals surface area contributed by atoms with Crippen LogP contribution >= 0.6 is 0 Å². The summed E-state index contributed by atoms with van der Waals surface area (Å²) >= 11 is 0.